The summed E-state index contributed by atoms with van der Waals surface area (Å²) in [4.78, 5) is 8.15. The second-order valence-electron chi connectivity index (χ2n) is 4.85. The Balaban J connectivity index is 2.17. The highest BCUT2D eigenvalue weighted by molar-refractivity contribution is 7.15. The average Bonchev–Trinajstić information content (AvgIpc) is 2.97. The van der Waals surface area contributed by atoms with Crippen LogP contribution in [-0.4, -0.2) is 29.5 Å². The maximum atomic E-state index is 4.77. The van der Waals surface area contributed by atoms with E-state index in [1.165, 1.54) is 25.0 Å². The number of hydrogen-bond acceptors (Lipinski definition) is 4. The second-order valence-corrected chi connectivity index (χ2v) is 5.72. The molecule has 0 unspecified atom stereocenters. The summed E-state index contributed by atoms with van der Waals surface area (Å²) in [5.74, 6) is 1.13. The summed E-state index contributed by atoms with van der Waals surface area (Å²) in [6.45, 7) is 7.32. The highest BCUT2D eigenvalue weighted by atomic mass is 32.1. The fourth-order valence-electron chi connectivity index (χ4n) is 2.24. The Hall–Kier alpha value is -1.07. The van der Waals surface area contributed by atoms with Crippen LogP contribution in [0.25, 0.3) is 4.96 Å². The maximum absolute atomic E-state index is 4.77. The molecule has 19 heavy (non-hydrogen) atoms. The van der Waals surface area contributed by atoms with E-state index in [0.717, 1.165) is 30.4 Å². The molecule has 2 rings (SSSR count). The smallest absolute Gasteiger partial charge is 0.195 e. The Morgan fingerprint density at radius 1 is 1.37 bits per heavy atom. The number of imidazole rings is 1. The van der Waals surface area contributed by atoms with Crippen molar-refractivity contribution in [3.63, 3.8) is 0 Å². The van der Waals surface area contributed by atoms with Crippen LogP contribution in [0.15, 0.2) is 11.6 Å². The molecule has 2 heterocycles. The van der Waals surface area contributed by atoms with Crippen LogP contribution in [0.4, 0.5) is 5.82 Å². The fourth-order valence-corrected chi connectivity index (χ4v) is 2.97. The van der Waals surface area contributed by atoms with Gasteiger partial charge in [0, 0.05) is 31.7 Å². The predicted molar refractivity (Wildman–Crippen MR) is 83.2 cm³/mol. The molecule has 5 heteroatoms. The third-order valence-electron chi connectivity index (χ3n) is 3.34. The van der Waals surface area contributed by atoms with Gasteiger partial charge in [-0.1, -0.05) is 26.7 Å². The maximum Gasteiger partial charge on any atom is 0.195 e. The molecule has 2 aromatic rings. The van der Waals surface area contributed by atoms with E-state index in [9.17, 15) is 0 Å². The first-order valence-electron chi connectivity index (χ1n) is 7.14. The van der Waals surface area contributed by atoms with E-state index < -0.39 is 0 Å². The zero-order valence-electron chi connectivity index (χ0n) is 12.1. The molecule has 0 bridgehead atoms. The highest BCUT2D eigenvalue weighted by Gasteiger charge is 2.15. The first kappa shape index (κ1) is 14.3. The van der Waals surface area contributed by atoms with E-state index in [2.05, 4.69) is 47.1 Å². The number of anilines is 1. The van der Waals surface area contributed by atoms with E-state index in [0.29, 0.717) is 0 Å². The van der Waals surface area contributed by atoms with Gasteiger partial charge >= 0.3 is 0 Å². The minimum atomic E-state index is 0.877. The lowest BCUT2D eigenvalue weighted by atomic mass is 10.2. The van der Waals surface area contributed by atoms with Gasteiger partial charge in [-0.3, -0.25) is 4.40 Å². The van der Waals surface area contributed by atoms with Gasteiger partial charge in [0.1, 0.15) is 0 Å². The molecule has 0 fully saturated rings. The van der Waals surface area contributed by atoms with E-state index in [1.807, 2.05) is 0 Å². The number of rotatable bonds is 8. The molecule has 106 valence electrons. The van der Waals surface area contributed by atoms with Crippen molar-refractivity contribution >= 4 is 22.1 Å². The fraction of sp³-hybridized carbons (Fsp3) is 0.643. The highest BCUT2D eigenvalue weighted by Crippen LogP contribution is 2.24. The van der Waals surface area contributed by atoms with Crippen molar-refractivity contribution in [2.75, 3.05) is 25.0 Å². The molecular weight excluding hydrogens is 256 g/mol. The third-order valence-corrected chi connectivity index (χ3v) is 4.10. The zero-order valence-corrected chi connectivity index (χ0v) is 13.0. The van der Waals surface area contributed by atoms with Crippen molar-refractivity contribution in [3.05, 3.63) is 17.3 Å². The molecule has 2 aromatic heterocycles. The molecule has 0 spiro atoms. The van der Waals surface area contributed by atoms with Crippen molar-refractivity contribution < 1.29 is 0 Å². The molecule has 0 aliphatic carbocycles. The number of fused-ring (bicyclic) bond motifs is 1. The SMILES string of the molecule is CCCCCN(C)c1nc2sccn2c1CNCC. The van der Waals surface area contributed by atoms with E-state index in [4.69, 9.17) is 4.98 Å². The molecule has 1 N–H and O–H groups in total. The minimum absolute atomic E-state index is 0.877. The van der Waals surface area contributed by atoms with Gasteiger partial charge in [0.15, 0.2) is 10.8 Å². The molecule has 4 nitrogen and oxygen atoms in total. The van der Waals surface area contributed by atoms with Gasteiger partial charge in [-0.2, -0.15) is 0 Å². The summed E-state index contributed by atoms with van der Waals surface area (Å²) >= 11 is 1.70. The number of thiazole rings is 1. The Morgan fingerprint density at radius 2 is 2.21 bits per heavy atom. The molecule has 0 aromatic carbocycles. The van der Waals surface area contributed by atoms with E-state index in [1.54, 1.807) is 11.3 Å². The molecule has 0 amide bonds. The Kier molecular flexibility index (Phi) is 5.22. The van der Waals surface area contributed by atoms with E-state index in [-0.39, 0.29) is 0 Å². The molecule has 0 saturated heterocycles. The molecule has 0 radical (unpaired) electrons. The van der Waals surface area contributed by atoms with Crippen LogP contribution < -0.4 is 10.2 Å². The first-order valence-corrected chi connectivity index (χ1v) is 8.02. The monoisotopic (exact) mass is 280 g/mol. The lowest BCUT2D eigenvalue weighted by Gasteiger charge is -2.18. The summed E-state index contributed by atoms with van der Waals surface area (Å²) in [5, 5.41) is 5.51. The van der Waals surface area contributed by atoms with Crippen molar-refractivity contribution in [1.29, 1.82) is 0 Å². The van der Waals surface area contributed by atoms with Crippen molar-refractivity contribution in [2.24, 2.45) is 0 Å². The van der Waals surface area contributed by atoms with Gasteiger partial charge in [-0.25, -0.2) is 4.98 Å². The van der Waals surface area contributed by atoms with Crippen LogP contribution >= 0.6 is 11.3 Å². The quantitative estimate of drug-likeness (QED) is 0.754. The van der Waals surface area contributed by atoms with Crippen LogP contribution in [0.1, 0.15) is 38.8 Å². The van der Waals surface area contributed by atoms with Gasteiger partial charge in [0.05, 0.1) is 5.69 Å². The van der Waals surface area contributed by atoms with Crippen LogP contribution in [0.3, 0.4) is 0 Å². The molecule has 0 aliphatic heterocycles. The van der Waals surface area contributed by atoms with Crippen LogP contribution in [0.2, 0.25) is 0 Å². The Morgan fingerprint density at radius 3 is 2.95 bits per heavy atom. The Labute approximate surface area is 119 Å². The van der Waals surface area contributed by atoms with Gasteiger partial charge in [0.25, 0.3) is 0 Å². The van der Waals surface area contributed by atoms with E-state index >= 15 is 0 Å². The molecular formula is C14H24N4S. The number of hydrogen-bond donors (Lipinski definition) is 1. The molecule has 0 saturated carbocycles. The normalized spacial score (nSPS) is 11.3. The Bertz CT molecular complexity index is 502. The summed E-state index contributed by atoms with van der Waals surface area (Å²) < 4.78 is 2.21. The summed E-state index contributed by atoms with van der Waals surface area (Å²) in [5.41, 5.74) is 1.28. The topological polar surface area (TPSA) is 32.6 Å². The van der Waals surface area contributed by atoms with Crippen LogP contribution in [-0.2, 0) is 6.54 Å². The van der Waals surface area contributed by atoms with Crippen molar-refractivity contribution in [3.8, 4) is 0 Å². The number of nitrogens with zero attached hydrogens (tertiary/aromatic N) is 3. The van der Waals surface area contributed by atoms with Gasteiger partial charge in [-0.05, 0) is 13.0 Å². The van der Waals surface area contributed by atoms with Gasteiger partial charge < -0.3 is 10.2 Å². The lowest BCUT2D eigenvalue weighted by Crippen LogP contribution is -2.22. The summed E-state index contributed by atoms with van der Waals surface area (Å²) in [6.07, 6.45) is 5.90. The summed E-state index contributed by atoms with van der Waals surface area (Å²) in [7, 11) is 2.15. The molecule has 0 aliphatic rings. The lowest BCUT2D eigenvalue weighted by molar-refractivity contribution is 0.684. The first-order chi connectivity index (χ1) is 9.27. The predicted octanol–water partition coefficient (Wildman–Crippen LogP) is 3.13. The number of aromatic nitrogens is 2. The van der Waals surface area contributed by atoms with Gasteiger partial charge in [0.2, 0.25) is 0 Å². The van der Waals surface area contributed by atoms with Crippen molar-refractivity contribution in [2.45, 2.75) is 39.7 Å². The largest absolute Gasteiger partial charge is 0.358 e. The molecule has 0 atom stereocenters. The average molecular weight is 280 g/mol. The number of nitrogens with one attached hydrogen (secondary N) is 1. The number of unbranched alkanes of at least 4 members (excludes halogenated alkanes) is 2. The van der Waals surface area contributed by atoms with Crippen molar-refractivity contribution in [1.82, 2.24) is 14.7 Å². The minimum Gasteiger partial charge on any atom is -0.358 e. The standard InChI is InChI=1S/C14H24N4S/c1-4-6-7-8-17(3)13-12(11-15-5-2)18-9-10-19-14(18)16-13/h9-10,15H,4-8,11H2,1-3H3. The third kappa shape index (κ3) is 3.28. The summed E-state index contributed by atoms with van der Waals surface area (Å²) in [6, 6.07) is 0. The van der Waals surface area contributed by atoms with Crippen LogP contribution in [0.5, 0.6) is 0 Å². The van der Waals surface area contributed by atoms with Crippen LogP contribution in [0, 0.1) is 0 Å². The van der Waals surface area contributed by atoms with Gasteiger partial charge in [-0.15, -0.1) is 11.3 Å². The zero-order chi connectivity index (χ0) is 13.7. The second kappa shape index (κ2) is 6.91.